The van der Waals surface area contributed by atoms with Crippen molar-refractivity contribution in [3.63, 3.8) is 0 Å². The van der Waals surface area contributed by atoms with Crippen LogP contribution >= 0.6 is 0 Å². The molecule has 0 radical (unpaired) electrons. The fraction of sp³-hybridized carbons (Fsp3) is 0.571. The molecule has 1 fully saturated rings. The van der Waals surface area contributed by atoms with E-state index in [9.17, 15) is 0 Å². The highest BCUT2D eigenvalue weighted by Gasteiger charge is 2.21. The van der Waals surface area contributed by atoms with Crippen LogP contribution in [0.3, 0.4) is 0 Å². The minimum atomic E-state index is 0.671. The lowest BCUT2D eigenvalue weighted by Crippen LogP contribution is -2.56. The van der Waals surface area contributed by atoms with Crippen molar-refractivity contribution in [2.45, 2.75) is 32.2 Å². The van der Waals surface area contributed by atoms with Crippen LogP contribution in [0.25, 0.3) is 0 Å². The second-order valence-corrected chi connectivity index (χ2v) is 4.82. The maximum absolute atomic E-state index is 3.31. The maximum atomic E-state index is 3.31. The lowest BCUT2D eigenvalue weighted by Gasteiger charge is -2.37. The Morgan fingerprint density at radius 3 is 2.38 bits per heavy atom. The van der Waals surface area contributed by atoms with Gasteiger partial charge in [-0.1, -0.05) is 26.0 Å². The normalized spacial score (nSPS) is 17.9. The van der Waals surface area contributed by atoms with Gasteiger partial charge in [-0.05, 0) is 30.0 Å². The summed E-state index contributed by atoms with van der Waals surface area (Å²) in [5.41, 5.74) is 2.78. The highest BCUT2D eigenvalue weighted by atomic mass is 15.2. The first kappa shape index (κ1) is 11.5. The molecule has 0 bridgehead atoms. The summed E-state index contributed by atoms with van der Waals surface area (Å²) in [5, 5.41) is 3.31. The Balaban J connectivity index is 2.06. The number of benzene rings is 1. The molecule has 0 aromatic heterocycles. The molecule has 1 aliphatic heterocycles. The summed E-state index contributed by atoms with van der Waals surface area (Å²) in [4.78, 5) is 2.37. The third kappa shape index (κ3) is 2.22. The maximum Gasteiger partial charge on any atom is 0.0535 e. The SMILES string of the molecule is CCC(C)c1ccc(N(C)C2CNC2)cc1. The molecule has 1 heterocycles. The van der Waals surface area contributed by atoms with Crippen LogP contribution in [-0.2, 0) is 0 Å². The van der Waals surface area contributed by atoms with E-state index in [1.54, 1.807) is 0 Å². The molecule has 2 rings (SSSR count). The number of nitrogens with one attached hydrogen (secondary N) is 1. The average molecular weight is 218 g/mol. The van der Waals surface area contributed by atoms with E-state index in [1.165, 1.54) is 17.7 Å². The summed E-state index contributed by atoms with van der Waals surface area (Å²) >= 11 is 0. The van der Waals surface area contributed by atoms with Gasteiger partial charge in [-0.25, -0.2) is 0 Å². The smallest absolute Gasteiger partial charge is 0.0535 e. The van der Waals surface area contributed by atoms with Crippen molar-refractivity contribution in [2.75, 3.05) is 25.0 Å². The Kier molecular flexibility index (Phi) is 3.49. The van der Waals surface area contributed by atoms with Gasteiger partial charge in [0.1, 0.15) is 0 Å². The lowest BCUT2D eigenvalue weighted by atomic mass is 9.98. The molecule has 2 nitrogen and oxygen atoms in total. The predicted octanol–water partition coefficient (Wildman–Crippen LogP) is 2.61. The van der Waals surface area contributed by atoms with Crippen molar-refractivity contribution in [3.05, 3.63) is 29.8 Å². The number of hydrogen-bond acceptors (Lipinski definition) is 2. The van der Waals surface area contributed by atoms with Crippen LogP contribution in [0.1, 0.15) is 31.7 Å². The summed E-state index contributed by atoms with van der Waals surface area (Å²) in [5.74, 6) is 0.671. The second-order valence-electron chi connectivity index (χ2n) is 4.82. The van der Waals surface area contributed by atoms with Crippen molar-refractivity contribution in [3.8, 4) is 0 Å². The van der Waals surface area contributed by atoms with Gasteiger partial charge in [0.15, 0.2) is 0 Å². The number of rotatable bonds is 4. The first-order valence-electron chi connectivity index (χ1n) is 6.26. The van der Waals surface area contributed by atoms with E-state index in [1.807, 2.05) is 0 Å². The van der Waals surface area contributed by atoms with E-state index < -0.39 is 0 Å². The molecule has 0 aliphatic carbocycles. The fourth-order valence-electron chi connectivity index (χ4n) is 2.03. The van der Waals surface area contributed by atoms with E-state index in [4.69, 9.17) is 0 Å². The number of hydrogen-bond donors (Lipinski definition) is 1. The van der Waals surface area contributed by atoms with Gasteiger partial charge in [0, 0.05) is 25.8 Å². The molecule has 0 amide bonds. The van der Waals surface area contributed by atoms with Crippen LogP contribution < -0.4 is 10.2 Å². The average Bonchev–Trinajstić information content (AvgIpc) is 2.26. The quantitative estimate of drug-likeness (QED) is 0.835. The Bertz CT molecular complexity index is 327. The third-order valence-electron chi connectivity index (χ3n) is 3.79. The Hall–Kier alpha value is -1.02. The molecule has 1 aromatic carbocycles. The molecular weight excluding hydrogens is 196 g/mol. The van der Waals surface area contributed by atoms with Gasteiger partial charge in [0.05, 0.1) is 6.04 Å². The number of anilines is 1. The van der Waals surface area contributed by atoms with Crippen LogP contribution in [0.4, 0.5) is 5.69 Å². The van der Waals surface area contributed by atoms with E-state index in [2.05, 4.69) is 55.4 Å². The van der Waals surface area contributed by atoms with Gasteiger partial charge < -0.3 is 10.2 Å². The molecule has 1 N–H and O–H groups in total. The molecule has 1 aliphatic rings. The molecule has 16 heavy (non-hydrogen) atoms. The zero-order chi connectivity index (χ0) is 11.5. The number of nitrogens with zero attached hydrogens (tertiary/aromatic N) is 1. The summed E-state index contributed by atoms with van der Waals surface area (Å²) in [6.07, 6.45) is 1.21. The summed E-state index contributed by atoms with van der Waals surface area (Å²) < 4.78 is 0. The van der Waals surface area contributed by atoms with Crippen molar-refractivity contribution >= 4 is 5.69 Å². The summed E-state index contributed by atoms with van der Waals surface area (Å²) in [6.45, 7) is 6.76. The van der Waals surface area contributed by atoms with E-state index in [0.29, 0.717) is 12.0 Å². The van der Waals surface area contributed by atoms with Crippen molar-refractivity contribution in [1.82, 2.24) is 5.32 Å². The number of likely N-dealkylation sites (N-methyl/N-ethyl adjacent to an activating group) is 1. The third-order valence-corrected chi connectivity index (χ3v) is 3.79. The zero-order valence-corrected chi connectivity index (χ0v) is 10.5. The summed E-state index contributed by atoms with van der Waals surface area (Å²) in [6, 6.07) is 9.71. The predicted molar refractivity (Wildman–Crippen MR) is 70.2 cm³/mol. The minimum Gasteiger partial charge on any atom is -0.369 e. The molecule has 1 atom stereocenters. The highest BCUT2D eigenvalue weighted by molar-refractivity contribution is 5.49. The van der Waals surface area contributed by atoms with Crippen molar-refractivity contribution in [1.29, 1.82) is 0 Å². The van der Waals surface area contributed by atoms with Crippen LogP contribution in [-0.4, -0.2) is 26.2 Å². The molecule has 88 valence electrons. The molecule has 1 saturated heterocycles. The molecule has 0 spiro atoms. The fourth-order valence-corrected chi connectivity index (χ4v) is 2.03. The van der Waals surface area contributed by atoms with Crippen LogP contribution in [0, 0.1) is 0 Å². The minimum absolute atomic E-state index is 0.671. The Labute approximate surface area is 98.7 Å². The van der Waals surface area contributed by atoms with Gasteiger partial charge in [-0.3, -0.25) is 0 Å². The van der Waals surface area contributed by atoms with Gasteiger partial charge in [0.2, 0.25) is 0 Å². The zero-order valence-electron chi connectivity index (χ0n) is 10.5. The van der Waals surface area contributed by atoms with Gasteiger partial charge in [-0.15, -0.1) is 0 Å². The van der Waals surface area contributed by atoms with E-state index in [-0.39, 0.29) is 0 Å². The standard InChI is InChI=1S/C14H22N2/c1-4-11(2)12-5-7-13(8-6-12)16(3)14-9-15-10-14/h5-8,11,14-15H,4,9-10H2,1-3H3. The van der Waals surface area contributed by atoms with Crippen LogP contribution in [0.15, 0.2) is 24.3 Å². The lowest BCUT2D eigenvalue weighted by molar-refractivity contribution is 0.429. The molecule has 0 saturated carbocycles. The molecule has 2 heteroatoms. The second kappa shape index (κ2) is 4.88. The van der Waals surface area contributed by atoms with Crippen molar-refractivity contribution < 1.29 is 0 Å². The Morgan fingerprint density at radius 1 is 1.31 bits per heavy atom. The van der Waals surface area contributed by atoms with Gasteiger partial charge in [-0.2, -0.15) is 0 Å². The highest BCUT2D eigenvalue weighted by Crippen LogP contribution is 2.23. The van der Waals surface area contributed by atoms with E-state index in [0.717, 1.165) is 13.1 Å². The topological polar surface area (TPSA) is 15.3 Å². The first-order valence-corrected chi connectivity index (χ1v) is 6.26. The molecular formula is C14H22N2. The molecule has 1 aromatic rings. The van der Waals surface area contributed by atoms with Crippen LogP contribution in [0.2, 0.25) is 0 Å². The largest absolute Gasteiger partial charge is 0.369 e. The first-order chi connectivity index (χ1) is 7.72. The summed E-state index contributed by atoms with van der Waals surface area (Å²) in [7, 11) is 2.18. The van der Waals surface area contributed by atoms with E-state index >= 15 is 0 Å². The monoisotopic (exact) mass is 218 g/mol. The van der Waals surface area contributed by atoms with Crippen LogP contribution in [0.5, 0.6) is 0 Å². The van der Waals surface area contributed by atoms with Gasteiger partial charge in [0.25, 0.3) is 0 Å². The van der Waals surface area contributed by atoms with Crippen molar-refractivity contribution in [2.24, 2.45) is 0 Å². The Morgan fingerprint density at radius 2 is 1.94 bits per heavy atom. The van der Waals surface area contributed by atoms with Gasteiger partial charge >= 0.3 is 0 Å². The molecule has 1 unspecified atom stereocenters.